The molecule has 0 aliphatic heterocycles. The Morgan fingerprint density at radius 3 is 1.75 bits per heavy atom. The number of carbonyl (C=O) groups is 1. The highest BCUT2D eigenvalue weighted by Crippen LogP contribution is 2.21. The highest BCUT2D eigenvalue weighted by molar-refractivity contribution is 5.69. The van der Waals surface area contributed by atoms with E-state index in [1.807, 2.05) is 0 Å². The van der Waals surface area contributed by atoms with Gasteiger partial charge in [0.05, 0.1) is 7.11 Å². The summed E-state index contributed by atoms with van der Waals surface area (Å²) in [5.41, 5.74) is 0. The molecule has 20 heavy (non-hydrogen) atoms. The second-order valence-corrected chi connectivity index (χ2v) is 6.70. The third kappa shape index (κ3) is 11.3. The van der Waals surface area contributed by atoms with Crippen LogP contribution < -0.4 is 0 Å². The summed E-state index contributed by atoms with van der Waals surface area (Å²) in [4.78, 5) is 11.1. The Morgan fingerprint density at radius 2 is 1.30 bits per heavy atom. The van der Waals surface area contributed by atoms with E-state index < -0.39 is 0 Å². The summed E-state index contributed by atoms with van der Waals surface area (Å²) in [5.74, 6) is 2.31. The molecular formula is C18H36O2. The molecule has 2 nitrogen and oxygen atoms in total. The van der Waals surface area contributed by atoms with Crippen LogP contribution in [-0.4, -0.2) is 13.1 Å². The van der Waals surface area contributed by atoms with E-state index in [2.05, 4.69) is 32.4 Å². The largest absolute Gasteiger partial charge is 0.469 e. The molecule has 3 unspecified atom stereocenters. The van der Waals surface area contributed by atoms with Gasteiger partial charge in [-0.15, -0.1) is 0 Å². The maximum absolute atomic E-state index is 11.1. The second-order valence-electron chi connectivity index (χ2n) is 6.70. The molecule has 120 valence electrons. The van der Waals surface area contributed by atoms with Gasteiger partial charge in [-0.05, 0) is 24.2 Å². The van der Waals surface area contributed by atoms with Gasteiger partial charge >= 0.3 is 5.97 Å². The molecule has 0 amide bonds. The number of methoxy groups -OCH3 is 1. The van der Waals surface area contributed by atoms with Crippen molar-refractivity contribution < 1.29 is 9.53 Å². The predicted molar refractivity (Wildman–Crippen MR) is 86.7 cm³/mol. The zero-order chi connectivity index (χ0) is 15.4. The molecule has 0 aromatic carbocycles. The van der Waals surface area contributed by atoms with E-state index in [1.54, 1.807) is 0 Å². The van der Waals surface area contributed by atoms with Gasteiger partial charge in [-0.25, -0.2) is 0 Å². The standard InChI is InChI=1S/C18H36O2/c1-6-15(2)9-7-10-16(3)11-8-12-17(4)13-14-18(19)20-5/h15-17H,6-14H2,1-5H3. The molecule has 3 atom stereocenters. The van der Waals surface area contributed by atoms with Gasteiger partial charge in [0, 0.05) is 6.42 Å². The fourth-order valence-corrected chi connectivity index (χ4v) is 2.59. The van der Waals surface area contributed by atoms with E-state index in [0.29, 0.717) is 12.3 Å². The van der Waals surface area contributed by atoms with Crippen LogP contribution in [0.2, 0.25) is 0 Å². The molecule has 0 fully saturated rings. The normalized spacial score (nSPS) is 15.7. The van der Waals surface area contributed by atoms with Crippen LogP contribution in [0.1, 0.15) is 85.5 Å². The minimum atomic E-state index is -0.0738. The Hall–Kier alpha value is -0.530. The Labute approximate surface area is 126 Å². The molecule has 0 bridgehead atoms. The van der Waals surface area contributed by atoms with Gasteiger partial charge < -0.3 is 4.74 Å². The molecule has 0 rings (SSSR count). The minimum Gasteiger partial charge on any atom is -0.469 e. The summed E-state index contributed by atoms with van der Waals surface area (Å²) >= 11 is 0. The lowest BCUT2D eigenvalue weighted by molar-refractivity contribution is -0.140. The molecule has 0 aromatic rings. The Bertz CT molecular complexity index is 238. The zero-order valence-electron chi connectivity index (χ0n) is 14.4. The van der Waals surface area contributed by atoms with Crippen LogP contribution in [0.4, 0.5) is 0 Å². The molecule has 0 aromatic heterocycles. The second kappa shape index (κ2) is 12.2. The fourth-order valence-electron chi connectivity index (χ4n) is 2.59. The molecule has 2 heteroatoms. The SMILES string of the molecule is CCC(C)CCCC(C)CCCC(C)CCC(=O)OC. The van der Waals surface area contributed by atoms with E-state index in [-0.39, 0.29) is 5.97 Å². The molecule has 0 radical (unpaired) electrons. The molecule has 0 spiro atoms. The fraction of sp³-hybridized carbons (Fsp3) is 0.944. The van der Waals surface area contributed by atoms with Crippen LogP contribution in [0.15, 0.2) is 0 Å². The maximum atomic E-state index is 11.1. The molecular weight excluding hydrogens is 248 g/mol. The van der Waals surface area contributed by atoms with Crippen molar-refractivity contribution in [1.82, 2.24) is 0 Å². The number of hydrogen-bond acceptors (Lipinski definition) is 2. The number of rotatable bonds is 12. The highest BCUT2D eigenvalue weighted by Gasteiger charge is 2.08. The first-order valence-electron chi connectivity index (χ1n) is 8.56. The van der Waals surface area contributed by atoms with Crippen LogP contribution in [0.3, 0.4) is 0 Å². The van der Waals surface area contributed by atoms with Crippen molar-refractivity contribution in [2.24, 2.45) is 17.8 Å². The van der Waals surface area contributed by atoms with Crippen molar-refractivity contribution in [3.63, 3.8) is 0 Å². The topological polar surface area (TPSA) is 26.3 Å². The summed E-state index contributed by atoms with van der Waals surface area (Å²) in [6.07, 6.45) is 10.9. The smallest absolute Gasteiger partial charge is 0.305 e. The first kappa shape index (κ1) is 19.5. The van der Waals surface area contributed by atoms with Crippen molar-refractivity contribution in [2.75, 3.05) is 7.11 Å². The number of esters is 1. The zero-order valence-corrected chi connectivity index (χ0v) is 14.4. The summed E-state index contributed by atoms with van der Waals surface area (Å²) in [7, 11) is 1.47. The van der Waals surface area contributed by atoms with Crippen LogP contribution in [0.25, 0.3) is 0 Å². The first-order chi connectivity index (χ1) is 9.49. The first-order valence-corrected chi connectivity index (χ1v) is 8.56. The van der Waals surface area contributed by atoms with Crippen LogP contribution in [-0.2, 0) is 9.53 Å². The average Bonchev–Trinajstić information content (AvgIpc) is 2.44. The lowest BCUT2D eigenvalue weighted by Crippen LogP contribution is -2.05. The van der Waals surface area contributed by atoms with Gasteiger partial charge in [0.15, 0.2) is 0 Å². The van der Waals surface area contributed by atoms with Crippen LogP contribution >= 0.6 is 0 Å². The molecule has 0 heterocycles. The van der Waals surface area contributed by atoms with Gasteiger partial charge in [-0.1, -0.05) is 72.6 Å². The Balaban J connectivity index is 3.50. The van der Waals surface area contributed by atoms with Gasteiger partial charge in [-0.2, -0.15) is 0 Å². The van der Waals surface area contributed by atoms with E-state index in [9.17, 15) is 4.79 Å². The van der Waals surface area contributed by atoms with E-state index in [1.165, 1.54) is 52.1 Å². The van der Waals surface area contributed by atoms with Crippen molar-refractivity contribution in [3.8, 4) is 0 Å². The molecule has 0 N–H and O–H groups in total. The van der Waals surface area contributed by atoms with Gasteiger partial charge in [0.2, 0.25) is 0 Å². The van der Waals surface area contributed by atoms with Gasteiger partial charge in [0.25, 0.3) is 0 Å². The van der Waals surface area contributed by atoms with Gasteiger partial charge in [-0.3, -0.25) is 4.79 Å². The lowest BCUT2D eigenvalue weighted by Gasteiger charge is -2.15. The van der Waals surface area contributed by atoms with Crippen molar-refractivity contribution in [3.05, 3.63) is 0 Å². The lowest BCUT2D eigenvalue weighted by atomic mass is 9.91. The van der Waals surface area contributed by atoms with Crippen molar-refractivity contribution in [1.29, 1.82) is 0 Å². The molecule has 0 aliphatic rings. The molecule has 0 saturated heterocycles. The Morgan fingerprint density at radius 1 is 0.850 bits per heavy atom. The molecule has 0 aliphatic carbocycles. The third-order valence-electron chi connectivity index (χ3n) is 4.55. The summed E-state index contributed by atoms with van der Waals surface area (Å²) < 4.78 is 4.68. The van der Waals surface area contributed by atoms with E-state index >= 15 is 0 Å². The van der Waals surface area contributed by atoms with E-state index in [4.69, 9.17) is 0 Å². The number of carbonyl (C=O) groups excluding carboxylic acids is 1. The number of hydrogen-bond donors (Lipinski definition) is 0. The van der Waals surface area contributed by atoms with Crippen LogP contribution in [0.5, 0.6) is 0 Å². The maximum Gasteiger partial charge on any atom is 0.305 e. The summed E-state index contributed by atoms with van der Waals surface area (Å²) in [6.45, 7) is 9.27. The average molecular weight is 284 g/mol. The Kier molecular flexibility index (Phi) is 11.9. The quantitative estimate of drug-likeness (QED) is 0.436. The highest BCUT2D eigenvalue weighted by atomic mass is 16.5. The van der Waals surface area contributed by atoms with Crippen molar-refractivity contribution >= 4 is 5.97 Å². The summed E-state index contributed by atoms with van der Waals surface area (Å²) in [6, 6.07) is 0. The van der Waals surface area contributed by atoms with Gasteiger partial charge in [0.1, 0.15) is 0 Å². The monoisotopic (exact) mass is 284 g/mol. The predicted octanol–water partition coefficient (Wildman–Crippen LogP) is 5.60. The minimum absolute atomic E-state index is 0.0738. The van der Waals surface area contributed by atoms with Crippen LogP contribution in [0, 0.1) is 17.8 Å². The van der Waals surface area contributed by atoms with E-state index in [0.717, 1.165) is 18.3 Å². The molecule has 0 saturated carbocycles. The number of ether oxygens (including phenoxy) is 1. The van der Waals surface area contributed by atoms with Crippen molar-refractivity contribution in [2.45, 2.75) is 85.5 Å². The summed E-state index contributed by atoms with van der Waals surface area (Å²) in [5, 5.41) is 0. The third-order valence-corrected chi connectivity index (χ3v) is 4.55.